The number of hydrogen-bond acceptors (Lipinski definition) is 9. The van der Waals surface area contributed by atoms with Gasteiger partial charge in [0.05, 0.1) is 26.4 Å². The van der Waals surface area contributed by atoms with Gasteiger partial charge in [0.15, 0.2) is 6.23 Å². The maximum Gasteiger partial charge on any atom is 0.335 e. The van der Waals surface area contributed by atoms with Gasteiger partial charge in [-0.1, -0.05) is 43.7 Å². The summed E-state index contributed by atoms with van der Waals surface area (Å²) in [5, 5.41) is 21.0. The summed E-state index contributed by atoms with van der Waals surface area (Å²) in [5.41, 5.74) is 0.0306. The van der Waals surface area contributed by atoms with Gasteiger partial charge in [0.1, 0.15) is 31.1 Å². The highest BCUT2D eigenvalue weighted by Gasteiger charge is 2.49. The first-order valence-electron chi connectivity index (χ1n) is 12.5. The lowest BCUT2D eigenvalue weighted by Gasteiger charge is -2.24. The number of unbranched alkanes of at least 4 members (excludes halogenated alkanes) is 1. The Morgan fingerprint density at radius 2 is 1.89 bits per heavy atom. The van der Waals surface area contributed by atoms with Crippen molar-refractivity contribution < 1.29 is 33.9 Å². The molecule has 1 aliphatic rings. The number of aliphatic hydroxyl groups is 2. The quantitative estimate of drug-likeness (QED) is 0.329. The van der Waals surface area contributed by atoms with Crippen LogP contribution in [-0.4, -0.2) is 77.3 Å². The lowest BCUT2D eigenvalue weighted by atomic mass is 10.1. The van der Waals surface area contributed by atoms with Crippen LogP contribution in [0.1, 0.15) is 37.1 Å². The molecule has 0 bridgehead atoms. The van der Waals surface area contributed by atoms with Crippen molar-refractivity contribution in [2.75, 3.05) is 33.5 Å². The SMILES string of the molecule is CCCCO[C@H](CO)[C@H]1OC(n2cc(C)c(=O)n(COCc3ccccc3)c2=O)[C@H](OCCOC)[C@@H]1O. The zero-order valence-electron chi connectivity index (χ0n) is 21.7. The van der Waals surface area contributed by atoms with Gasteiger partial charge >= 0.3 is 5.69 Å². The Morgan fingerprint density at radius 3 is 2.57 bits per heavy atom. The first-order valence-corrected chi connectivity index (χ1v) is 12.5. The molecule has 11 nitrogen and oxygen atoms in total. The number of ether oxygens (including phenoxy) is 5. The van der Waals surface area contributed by atoms with Crippen molar-refractivity contribution in [3.8, 4) is 0 Å². The fourth-order valence-electron chi connectivity index (χ4n) is 4.17. The Hall–Kier alpha value is -2.38. The van der Waals surface area contributed by atoms with E-state index in [0.717, 1.165) is 23.0 Å². The van der Waals surface area contributed by atoms with E-state index in [1.54, 1.807) is 6.92 Å². The van der Waals surface area contributed by atoms with Crippen molar-refractivity contribution in [2.45, 2.75) is 70.7 Å². The number of methoxy groups -OCH3 is 1. The van der Waals surface area contributed by atoms with E-state index in [1.807, 2.05) is 37.3 Å². The van der Waals surface area contributed by atoms with Crippen molar-refractivity contribution >= 4 is 0 Å². The third-order valence-electron chi connectivity index (χ3n) is 6.20. The molecular weight excluding hydrogens is 484 g/mol. The average molecular weight is 523 g/mol. The minimum Gasteiger partial charge on any atom is -0.394 e. The lowest BCUT2D eigenvalue weighted by molar-refractivity contribution is -0.124. The summed E-state index contributed by atoms with van der Waals surface area (Å²) in [5.74, 6) is 0. The predicted octanol–water partition coefficient (Wildman–Crippen LogP) is 0.960. The zero-order chi connectivity index (χ0) is 26.8. The van der Waals surface area contributed by atoms with Gasteiger partial charge in [-0.3, -0.25) is 9.36 Å². The number of nitrogens with zero attached hydrogens (tertiary/aromatic N) is 2. The van der Waals surface area contributed by atoms with Gasteiger partial charge < -0.3 is 33.9 Å². The minimum absolute atomic E-state index is 0.138. The molecule has 1 aromatic heterocycles. The molecule has 1 saturated heterocycles. The normalized spacial score (nSPS) is 22.4. The molecule has 3 rings (SSSR count). The number of benzene rings is 1. The second kappa shape index (κ2) is 14.5. The Bertz CT molecular complexity index is 1070. The molecule has 1 unspecified atom stereocenters. The van der Waals surface area contributed by atoms with Crippen LogP contribution in [0.25, 0.3) is 0 Å². The fraction of sp³-hybridized carbons (Fsp3) is 0.615. The van der Waals surface area contributed by atoms with E-state index >= 15 is 0 Å². The molecule has 0 radical (unpaired) electrons. The van der Waals surface area contributed by atoms with Gasteiger partial charge in [-0.2, -0.15) is 0 Å². The second-order valence-electron chi connectivity index (χ2n) is 8.95. The summed E-state index contributed by atoms with van der Waals surface area (Å²) in [7, 11) is 1.52. The topological polar surface area (TPSA) is 131 Å². The maximum atomic E-state index is 13.4. The zero-order valence-corrected chi connectivity index (χ0v) is 21.7. The molecule has 11 heteroatoms. The van der Waals surface area contributed by atoms with Gasteiger partial charge in [-0.25, -0.2) is 9.36 Å². The van der Waals surface area contributed by atoms with Crippen molar-refractivity contribution in [2.24, 2.45) is 0 Å². The molecule has 5 atom stereocenters. The van der Waals surface area contributed by atoms with Crippen molar-refractivity contribution in [3.05, 3.63) is 68.5 Å². The van der Waals surface area contributed by atoms with E-state index in [0.29, 0.717) is 6.61 Å². The predicted molar refractivity (Wildman–Crippen MR) is 134 cm³/mol. The van der Waals surface area contributed by atoms with Crippen molar-refractivity contribution in [3.63, 3.8) is 0 Å². The molecule has 0 spiro atoms. The number of aryl methyl sites for hydroxylation is 1. The lowest BCUT2D eigenvalue weighted by Crippen LogP contribution is -2.45. The summed E-state index contributed by atoms with van der Waals surface area (Å²) < 4.78 is 30.6. The molecule has 2 heterocycles. The highest BCUT2D eigenvalue weighted by Crippen LogP contribution is 2.33. The number of hydrogen-bond donors (Lipinski definition) is 2. The van der Waals surface area contributed by atoms with Crippen LogP contribution in [0.4, 0.5) is 0 Å². The van der Waals surface area contributed by atoms with E-state index in [9.17, 15) is 19.8 Å². The van der Waals surface area contributed by atoms with Crippen LogP contribution in [0.15, 0.2) is 46.1 Å². The summed E-state index contributed by atoms with van der Waals surface area (Å²) in [6.45, 7) is 3.96. The number of aromatic nitrogens is 2. The van der Waals surface area contributed by atoms with Crippen LogP contribution in [-0.2, 0) is 37.0 Å². The van der Waals surface area contributed by atoms with Crippen LogP contribution in [0, 0.1) is 6.92 Å². The van der Waals surface area contributed by atoms with Crippen LogP contribution < -0.4 is 11.2 Å². The van der Waals surface area contributed by atoms with E-state index in [-0.39, 0.29) is 38.7 Å². The van der Waals surface area contributed by atoms with Crippen LogP contribution >= 0.6 is 0 Å². The molecule has 2 aromatic rings. The Balaban J connectivity index is 1.88. The number of rotatable bonds is 15. The van der Waals surface area contributed by atoms with Crippen LogP contribution in [0.5, 0.6) is 0 Å². The highest BCUT2D eigenvalue weighted by atomic mass is 16.6. The maximum absolute atomic E-state index is 13.4. The van der Waals surface area contributed by atoms with E-state index in [2.05, 4.69) is 0 Å². The van der Waals surface area contributed by atoms with Gasteiger partial charge in [-0.15, -0.1) is 0 Å². The van der Waals surface area contributed by atoms with Gasteiger partial charge in [0, 0.05) is 25.5 Å². The minimum atomic E-state index is -1.21. The average Bonchev–Trinajstić information content (AvgIpc) is 3.22. The van der Waals surface area contributed by atoms with E-state index in [1.165, 1.54) is 17.9 Å². The van der Waals surface area contributed by atoms with Gasteiger partial charge in [0.25, 0.3) is 5.56 Å². The van der Waals surface area contributed by atoms with Crippen LogP contribution in [0.3, 0.4) is 0 Å². The molecular formula is C26H38N2O9. The molecule has 0 amide bonds. The second-order valence-corrected chi connectivity index (χ2v) is 8.95. The van der Waals surface area contributed by atoms with Gasteiger partial charge in [-0.05, 0) is 18.9 Å². The van der Waals surface area contributed by atoms with E-state index < -0.39 is 41.9 Å². The van der Waals surface area contributed by atoms with Crippen molar-refractivity contribution in [1.82, 2.24) is 9.13 Å². The number of aliphatic hydroxyl groups excluding tert-OH is 2. The molecule has 1 aliphatic heterocycles. The summed E-state index contributed by atoms with van der Waals surface area (Å²) in [6, 6.07) is 9.40. The Labute approximate surface area is 216 Å². The van der Waals surface area contributed by atoms with E-state index in [4.69, 9.17) is 23.7 Å². The smallest absolute Gasteiger partial charge is 0.335 e. The summed E-state index contributed by atoms with van der Waals surface area (Å²) >= 11 is 0. The molecule has 1 aromatic carbocycles. The Morgan fingerprint density at radius 1 is 1.14 bits per heavy atom. The fourth-order valence-corrected chi connectivity index (χ4v) is 4.17. The van der Waals surface area contributed by atoms with Gasteiger partial charge in [0.2, 0.25) is 0 Å². The summed E-state index contributed by atoms with van der Waals surface area (Å²) in [6.07, 6.45) is -1.97. The summed E-state index contributed by atoms with van der Waals surface area (Å²) in [4.78, 5) is 26.2. The highest BCUT2D eigenvalue weighted by molar-refractivity contribution is 5.13. The largest absolute Gasteiger partial charge is 0.394 e. The third-order valence-corrected chi connectivity index (χ3v) is 6.20. The first kappa shape index (κ1) is 29.2. The van der Waals surface area contributed by atoms with Crippen molar-refractivity contribution in [1.29, 1.82) is 0 Å². The third kappa shape index (κ3) is 7.35. The molecule has 1 fully saturated rings. The first-order chi connectivity index (χ1) is 17.9. The molecule has 2 N–H and O–H groups in total. The Kier molecular flexibility index (Phi) is 11.5. The molecule has 37 heavy (non-hydrogen) atoms. The molecule has 206 valence electrons. The molecule has 0 saturated carbocycles. The monoisotopic (exact) mass is 522 g/mol. The molecule has 0 aliphatic carbocycles. The standard InChI is InChI=1S/C26H38N2O9/c1-4-5-11-35-20(15-29)22-21(30)23(36-13-12-33-3)25(37-22)27-14-18(2)24(31)28(26(27)32)17-34-16-19-9-7-6-8-10-19/h6-10,14,20-23,25,29-30H,4-5,11-13,15-17H2,1-3H3/t20-,21-,22-,23-,25?/m1/s1. The van der Waals surface area contributed by atoms with Crippen LogP contribution in [0.2, 0.25) is 0 Å².